The van der Waals surface area contributed by atoms with Crippen LogP contribution in [0.15, 0.2) is 54.6 Å². The molecule has 0 unspecified atom stereocenters. The van der Waals surface area contributed by atoms with Gasteiger partial charge in [-0.2, -0.15) is 0 Å². The molecule has 0 aliphatic heterocycles. The number of rotatable bonds is 9. The first-order valence-electron chi connectivity index (χ1n) is 10.0. The predicted octanol–water partition coefficient (Wildman–Crippen LogP) is 4.11. The van der Waals surface area contributed by atoms with Crippen molar-refractivity contribution in [2.24, 2.45) is 0 Å². The van der Waals surface area contributed by atoms with Crippen LogP contribution < -0.4 is 14.8 Å². The molecule has 0 spiro atoms. The molecule has 2 aromatic carbocycles. The van der Waals surface area contributed by atoms with E-state index in [1.165, 1.54) is 12.8 Å². The standard InChI is InChI=1S/C23H27NO5/c1-16(28-18-7-3-2-4-8-18)23(27)24-21(15-22(25)26)17-11-13-20(14-12-17)29-19-9-5-6-10-19/h2-4,7-8,11-14,16,19,21H,5-6,9-10,15H2,1H3,(H,24,27)(H,25,26)/t16-,21-/m1/s1. The van der Waals surface area contributed by atoms with Gasteiger partial charge in [0.2, 0.25) is 0 Å². The molecule has 6 nitrogen and oxygen atoms in total. The summed E-state index contributed by atoms with van der Waals surface area (Å²) in [5, 5.41) is 12.1. The van der Waals surface area contributed by atoms with Crippen molar-refractivity contribution < 1.29 is 24.2 Å². The van der Waals surface area contributed by atoms with Crippen molar-refractivity contribution in [2.75, 3.05) is 0 Å². The molecular formula is C23H27NO5. The van der Waals surface area contributed by atoms with Gasteiger partial charge in [0.25, 0.3) is 5.91 Å². The number of carboxylic acid groups (broad SMARTS) is 1. The number of carbonyl (C=O) groups is 2. The first kappa shape index (κ1) is 20.7. The average Bonchev–Trinajstić information content (AvgIpc) is 3.21. The summed E-state index contributed by atoms with van der Waals surface area (Å²) in [5.41, 5.74) is 0.714. The number of nitrogens with one attached hydrogen (secondary N) is 1. The van der Waals surface area contributed by atoms with Crippen molar-refractivity contribution in [3.8, 4) is 11.5 Å². The molecule has 6 heteroatoms. The molecule has 1 amide bonds. The second kappa shape index (κ2) is 9.96. The summed E-state index contributed by atoms with van der Waals surface area (Å²) in [5.74, 6) is -0.00947. The Bertz CT molecular complexity index is 800. The van der Waals surface area contributed by atoms with Crippen LogP contribution in [0.2, 0.25) is 0 Å². The zero-order chi connectivity index (χ0) is 20.6. The lowest BCUT2D eigenvalue weighted by Gasteiger charge is -2.21. The van der Waals surface area contributed by atoms with Crippen molar-refractivity contribution in [2.45, 2.75) is 57.3 Å². The highest BCUT2D eigenvalue weighted by Gasteiger charge is 2.23. The third-order valence-electron chi connectivity index (χ3n) is 5.01. The van der Waals surface area contributed by atoms with E-state index in [9.17, 15) is 14.7 Å². The van der Waals surface area contributed by atoms with Crippen molar-refractivity contribution in [3.05, 3.63) is 60.2 Å². The monoisotopic (exact) mass is 397 g/mol. The largest absolute Gasteiger partial charge is 0.490 e. The van der Waals surface area contributed by atoms with E-state index >= 15 is 0 Å². The van der Waals surface area contributed by atoms with Gasteiger partial charge in [0, 0.05) is 0 Å². The second-order valence-corrected chi connectivity index (χ2v) is 7.33. The molecular weight excluding hydrogens is 370 g/mol. The summed E-state index contributed by atoms with van der Waals surface area (Å²) >= 11 is 0. The zero-order valence-electron chi connectivity index (χ0n) is 16.5. The Balaban J connectivity index is 1.63. The summed E-state index contributed by atoms with van der Waals surface area (Å²) in [4.78, 5) is 23.9. The predicted molar refractivity (Wildman–Crippen MR) is 109 cm³/mol. The third kappa shape index (κ3) is 6.24. The lowest BCUT2D eigenvalue weighted by molar-refractivity contribution is -0.138. The number of aliphatic carboxylic acids is 1. The number of carbonyl (C=O) groups excluding carboxylic acids is 1. The van der Waals surface area contributed by atoms with Gasteiger partial charge in [-0.05, 0) is 62.4 Å². The number of para-hydroxylation sites is 1. The number of benzene rings is 2. The molecule has 0 bridgehead atoms. The van der Waals surface area contributed by atoms with Crippen LogP contribution in [0.3, 0.4) is 0 Å². The normalized spacial score (nSPS) is 16.0. The summed E-state index contributed by atoms with van der Waals surface area (Å²) in [6, 6.07) is 15.7. The fourth-order valence-corrected chi connectivity index (χ4v) is 3.45. The smallest absolute Gasteiger partial charge is 0.305 e. The lowest BCUT2D eigenvalue weighted by Crippen LogP contribution is -2.39. The molecule has 0 radical (unpaired) electrons. The van der Waals surface area contributed by atoms with Gasteiger partial charge in [-0.3, -0.25) is 9.59 Å². The lowest BCUT2D eigenvalue weighted by atomic mass is 10.0. The van der Waals surface area contributed by atoms with E-state index in [0.29, 0.717) is 11.3 Å². The minimum absolute atomic E-state index is 0.216. The molecule has 1 fully saturated rings. The molecule has 0 saturated heterocycles. The molecule has 154 valence electrons. The number of amides is 1. The molecule has 29 heavy (non-hydrogen) atoms. The maximum Gasteiger partial charge on any atom is 0.305 e. The van der Waals surface area contributed by atoms with Gasteiger partial charge in [0.05, 0.1) is 18.6 Å². The van der Waals surface area contributed by atoms with Gasteiger partial charge >= 0.3 is 5.97 Å². The van der Waals surface area contributed by atoms with E-state index < -0.39 is 18.1 Å². The van der Waals surface area contributed by atoms with Crippen LogP contribution >= 0.6 is 0 Å². The van der Waals surface area contributed by atoms with Crippen LogP contribution in [0.25, 0.3) is 0 Å². The average molecular weight is 397 g/mol. The summed E-state index contributed by atoms with van der Waals surface area (Å²) < 4.78 is 11.6. The topological polar surface area (TPSA) is 84.9 Å². The van der Waals surface area contributed by atoms with Crippen molar-refractivity contribution >= 4 is 11.9 Å². The Morgan fingerprint density at radius 3 is 2.31 bits per heavy atom. The molecule has 1 saturated carbocycles. The highest BCUT2D eigenvalue weighted by molar-refractivity contribution is 5.82. The molecule has 2 aromatic rings. The summed E-state index contributed by atoms with van der Waals surface area (Å²) in [6.07, 6.45) is 3.81. The van der Waals surface area contributed by atoms with Crippen LogP contribution in [0, 0.1) is 0 Å². The number of hydrogen-bond donors (Lipinski definition) is 2. The van der Waals surface area contributed by atoms with Crippen LogP contribution in [0.5, 0.6) is 11.5 Å². The number of hydrogen-bond acceptors (Lipinski definition) is 4. The van der Waals surface area contributed by atoms with Crippen LogP contribution in [0.4, 0.5) is 0 Å². The highest BCUT2D eigenvalue weighted by atomic mass is 16.5. The Hall–Kier alpha value is -3.02. The third-order valence-corrected chi connectivity index (χ3v) is 5.01. The van der Waals surface area contributed by atoms with E-state index in [1.54, 1.807) is 31.2 Å². The Labute approximate surface area is 170 Å². The molecule has 0 aromatic heterocycles. The number of carboxylic acids is 1. The van der Waals surface area contributed by atoms with Gasteiger partial charge < -0.3 is 19.9 Å². The van der Waals surface area contributed by atoms with E-state index in [0.717, 1.165) is 18.6 Å². The molecule has 2 N–H and O–H groups in total. The first-order valence-corrected chi connectivity index (χ1v) is 10.0. The van der Waals surface area contributed by atoms with Gasteiger partial charge in [-0.25, -0.2) is 0 Å². The SMILES string of the molecule is C[C@@H](Oc1ccccc1)C(=O)N[C@H](CC(=O)O)c1ccc(OC2CCCC2)cc1. The van der Waals surface area contributed by atoms with Gasteiger partial charge in [-0.1, -0.05) is 30.3 Å². The van der Waals surface area contributed by atoms with Crippen molar-refractivity contribution in [3.63, 3.8) is 0 Å². The fraction of sp³-hybridized carbons (Fsp3) is 0.391. The molecule has 1 aliphatic carbocycles. The molecule has 3 rings (SSSR count). The van der Waals surface area contributed by atoms with E-state index in [4.69, 9.17) is 9.47 Å². The summed E-state index contributed by atoms with van der Waals surface area (Å²) in [7, 11) is 0. The van der Waals surface area contributed by atoms with E-state index in [1.807, 2.05) is 30.3 Å². The van der Waals surface area contributed by atoms with Gasteiger partial charge in [-0.15, -0.1) is 0 Å². The minimum Gasteiger partial charge on any atom is -0.490 e. The minimum atomic E-state index is -0.988. The van der Waals surface area contributed by atoms with Crippen molar-refractivity contribution in [1.29, 1.82) is 0 Å². The second-order valence-electron chi connectivity index (χ2n) is 7.33. The Morgan fingerprint density at radius 1 is 1.03 bits per heavy atom. The first-order chi connectivity index (χ1) is 14.0. The highest BCUT2D eigenvalue weighted by Crippen LogP contribution is 2.26. The molecule has 1 aliphatic rings. The van der Waals surface area contributed by atoms with Crippen LogP contribution in [-0.4, -0.2) is 29.2 Å². The Morgan fingerprint density at radius 2 is 1.69 bits per heavy atom. The van der Waals surface area contributed by atoms with E-state index in [2.05, 4.69) is 5.32 Å². The fourth-order valence-electron chi connectivity index (χ4n) is 3.45. The summed E-state index contributed by atoms with van der Waals surface area (Å²) in [6.45, 7) is 1.64. The number of ether oxygens (including phenoxy) is 2. The van der Waals surface area contributed by atoms with Gasteiger partial charge in [0.1, 0.15) is 11.5 Å². The zero-order valence-corrected chi connectivity index (χ0v) is 16.5. The van der Waals surface area contributed by atoms with Crippen molar-refractivity contribution in [1.82, 2.24) is 5.32 Å². The maximum absolute atomic E-state index is 12.6. The molecule has 2 atom stereocenters. The molecule has 0 heterocycles. The Kier molecular flexibility index (Phi) is 7.11. The van der Waals surface area contributed by atoms with Gasteiger partial charge in [0.15, 0.2) is 6.10 Å². The van der Waals surface area contributed by atoms with Crippen LogP contribution in [-0.2, 0) is 9.59 Å². The van der Waals surface area contributed by atoms with E-state index in [-0.39, 0.29) is 18.4 Å². The maximum atomic E-state index is 12.6. The quantitative estimate of drug-likeness (QED) is 0.665. The van der Waals surface area contributed by atoms with Crippen LogP contribution in [0.1, 0.15) is 50.6 Å².